The Morgan fingerprint density at radius 3 is 2.94 bits per heavy atom. The van der Waals surface area contributed by atoms with Crippen LogP contribution in [0.2, 0.25) is 0 Å². The van der Waals surface area contributed by atoms with Crippen molar-refractivity contribution in [2.75, 3.05) is 17.3 Å². The van der Waals surface area contributed by atoms with Gasteiger partial charge in [0.25, 0.3) is 0 Å². The number of anilines is 2. The third-order valence-corrected chi connectivity index (χ3v) is 2.36. The molecule has 0 amide bonds. The van der Waals surface area contributed by atoms with E-state index in [0.29, 0.717) is 5.95 Å². The molecule has 0 atom stereocenters. The van der Waals surface area contributed by atoms with Crippen LogP contribution in [0.5, 0.6) is 0 Å². The Hall–Kier alpha value is -2.15. The molecular formula is C10H15N7. The van der Waals surface area contributed by atoms with Crippen molar-refractivity contribution in [3.63, 3.8) is 0 Å². The predicted molar refractivity (Wildman–Crippen MR) is 65.2 cm³/mol. The highest BCUT2D eigenvalue weighted by atomic mass is 15.3. The molecular weight excluding hydrogens is 218 g/mol. The molecule has 0 radical (unpaired) electrons. The Morgan fingerprint density at radius 1 is 1.35 bits per heavy atom. The van der Waals surface area contributed by atoms with Gasteiger partial charge in [-0.3, -0.25) is 5.43 Å². The van der Waals surface area contributed by atoms with Gasteiger partial charge in [-0.15, -0.1) is 0 Å². The Labute approximate surface area is 99.1 Å². The fraction of sp³-hybridized carbons (Fsp3) is 0.300. The van der Waals surface area contributed by atoms with Crippen molar-refractivity contribution in [2.24, 2.45) is 12.9 Å². The Kier molecular flexibility index (Phi) is 3.51. The first kappa shape index (κ1) is 11.3. The molecule has 0 aliphatic rings. The maximum atomic E-state index is 5.23. The maximum absolute atomic E-state index is 5.23. The van der Waals surface area contributed by atoms with Crippen LogP contribution in [0.1, 0.15) is 5.82 Å². The SMILES string of the molecule is Cn1ccnc1CCNc1ccnc(NN)n1. The number of hydrazine groups is 1. The molecule has 2 aromatic rings. The largest absolute Gasteiger partial charge is 0.369 e. The van der Waals surface area contributed by atoms with Crippen LogP contribution in [0.25, 0.3) is 0 Å². The summed E-state index contributed by atoms with van der Waals surface area (Å²) in [6.45, 7) is 0.756. The van der Waals surface area contributed by atoms with Gasteiger partial charge in [-0.25, -0.2) is 15.8 Å². The molecule has 0 spiro atoms. The molecule has 7 nitrogen and oxygen atoms in total. The van der Waals surface area contributed by atoms with E-state index in [-0.39, 0.29) is 0 Å². The zero-order valence-electron chi connectivity index (χ0n) is 9.59. The second kappa shape index (κ2) is 5.26. The number of hydrogen-bond acceptors (Lipinski definition) is 6. The topological polar surface area (TPSA) is 93.7 Å². The standard InChI is InChI=1S/C10H15N7/c1-17-7-6-13-9(17)3-5-12-8-2-4-14-10(15-8)16-11/h2,4,6-7H,3,5,11H2,1H3,(H2,12,14,15,16). The summed E-state index contributed by atoms with van der Waals surface area (Å²) in [5.74, 6) is 7.39. The molecule has 0 saturated heterocycles. The van der Waals surface area contributed by atoms with Crippen LogP contribution in [0, 0.1) is 0 Å². The van der Waals surface area contributed by atoms with Gasteiger partial charge in [0.15, 0.2) is 0 Å². The Bertz CT molecular complexity index is 479. The lowest BCUT2D eigenvalue weighted by molar-refractivity contribution is 0.788. The van der Waals surface area contributed by atoms with Crippen LogP contribution in [0.15, 0.2) is 24.7 Å². The normalized spacial score (nSPS) is 10.2. The first-order valence-corrected chi connectivity index (χ1v) is 5.29. The van der Waals surface area contributed by atoms with Crippen molar-refractivity contribution in [1.82, 2.24) is 19.5 Å². The first-order valence-electron chi connectivity index (χ1n) is 5.29. The number of nitrogens with two attached hydrogens (primary N) is 1. The molecule has 90 valence electrons. The number of aromatic nitrogens is 4. The molecule has 0 aromatic carbocycles. The van der Waals surface area contributed by atoms with E-state index in [1.54, 1.807) is 18.5 Å². The van der Waals surface area contributed by atoms with E-state index >= 15 is 0 Å². The first-order chi connectivity index (χ1) is 8.29. The Balaban J connectivity index is 1.87. The number of aryl methyl sites for hydroxylation is 1. The number of rotatable bonds is 5. The minimum absolute atomic E-state index is 0.395. The van der Waals surface area contributed by atoms with E-state index < -0.39 is 0 Å². The average Bonchev–Trinajstić information content (AvgIpc) is 2.76. The minimum atomic E-state index is 0.395. The molecule has 0 unspecified atom stereocenters. The van der Waals surface area contributed by atoms with Gasteiger partial charge in [-0.2, -0.15) is 4.98 Å². The van der Waals surface area contributed by atoms with Crippen LogP contribution < -0.4 is 16.6 Å². The zero-order chi connectivity index (χ0) is 12.1. The average molecular weight is 233 g/mol. The molecule has 4 N–H and O–H groups in total. The summed E-state index contributed by atoms with van der Waals surface area (Å²) in [5, 5.41) is 3.18. The van der Waals surface area contributed by atoms with Gasteiger partial charge >= 0.3 is 0 Å². The quantitative estimate of drug-likeness (QED) is 0.503. The van der Waals surface area contributed by atoms with Crippen molar-refractivity contribution in [3.8, 4) is 0 Å². The van der Waals surface area contributed by atoms with Gasteiger partial charge < -0.3 is 9.88 Å². The molecule has 0 saturated carbocycles. The molecule has 7 heteroatoms. The van der Waals surface area contributed by atoms with Crippen LogP contribution >= 0.6 is 0 Å². The van der Waals surface area contributed by atoms with Gasteiger partial charge in [0.1, 0.15) is 11.6 Å². The lowest BCUT2D eigenvalue weighted by atomic mass is 10.4. The summed E-state index contributed by atoms with van der Waals surface area (Å²) in [6.07, 6.45) is 6.19. The fourth-order valence-electron chi connectivity index (χ4n) is 1.47. The lowest BCUT2D eigenvalue weighted by Crippen LogP contribution is -2.13. The smallest absolute Gasteiger partial charge is 0.239 e. The van der Waals surface area contributed by atoms with Crippen LogP contribution in [-0.2, 0) is 13.5 Å². The van der Waals surface area contributed by atoms with E-state index in [1.165, 1.54) is 0 Å². The number of imidazole rings is 1. The number of nitrogens with one attached hydrogen (secondary N) is 2. The number of hydrogen-bond donors (Lipinski definition) is 3. The summed E-state index contributed by atoms with van der Waals surface area (Å²) in [6, 6.07) is 1.79. The van der Waals surface area contributed by atoms with Crippen molar-refractivity contribution >= 4 is 11.8 Å². The molecule has 0 aliphatic carbocycles. The highest BCUT2D eigenvalue weighted by molar-refractivity contribution is 5.38. The molecule has 0 aliphatic heterocycles. The summed E-state index contributed by atoms with van der Waals surface area (Å²) < 4.78 is 1.99. The summed E-state index contributed by atoms with van der Waals surface area (Å²) in [4.78, 5) is 12.3. The van der Waals surface area contributed by atoms with Gasteiger partial charge in [0, 0.05) is 38.6 Å². The Morgan fingerprint density at radius 2 is 2.24 bits per heavy atom. The van der Waals surface area contributed by atoms with Crippen molar-refractivity contribution in [1.29, 1.82) is 0 Å². The molecule has 0 fully saturated rings. The molecule has 2 aromatic heterocycles. The molecule has 17 heavy (non-hydrogen) atoms. The predicted octanol–water partition coefficient (Wildman–Crippen LogP) is 0.150. The lowest BCUT2D eigenvalue weighted by Gasteiger charge is -2.06. The van der Waals surface area contributed by atoms with Gasteiger partial charge in [-0.05, 0) is 6.07 Å². The number of nitrogens with zero attached hydrogens (tertiary/aromatic N) is 4. The summed E-state index contributed by atoms with van der Waals surface area (Å²) in [5.41, 5.74) is 2.40. The summed E-state index contributed by atoms with van der Waals surface area (Å²) in [7, 11) is 1.98. The highest BCUT2D eigenvalue weighted by Crippen LogP contribution is 2.04. The van der Waals surface area contributed by atoms with E-state index in [4.69, 9.17) is 5.84 Å². The van der Waals surface area contributed by atoms with E-state index in [2.05, 4.69) is 25.7 Å². The fourth-order valence-corrected chi connectivity index (χ4v) is 1.47. The van der Waals surface area contributed by atoms with Crippen molar-refractivity contribution < 1.29 is 0 Å². The maximum Gasteiger partial charge on any atom is 0.239 e. The van der Waals surface area contributed by atoms with Gasteiger partial charge in [0.2, 0.25) is 5.95 Å². The van der Waals surface area contributed by atoms with Crippen molar-refractivity contribution in [3.05, 3.63) is 30.5 Å². The summed E-state index contributed by atoms with van der Waals surface area (Å²) >= 11 is 0. The highest BCUT2D eigenvalue weighted by Gasteiger charge is 2.00. The van der Waals surface area contributed by atoms with E-state index in [1.807, 2.05) is 17.8 Å². The van der Waals surface area contributed by atoms with E-state index in [9.17, 15) is 0 Å². The monoisotopic (exact) mass is 233 g/mol. The van der Waals surface area contributed by atoms with Crippen LogP contribution in [0.3, 0.4) is 0 Å². The second-order valence-electron chi connectivity index (χ2n) is 3.54. The zero-order valence-corrected chi connectivity index (χ0v) is 9.59. The van der Waals surface area contributed by atoms with E-state index in [0.717, 1.165) is 24.6 Å². The molecule has 2 rings (SSSR count). The third-order valence-electron chi connectivity index (χ3n) is 2.36. The van der Waals surface area contributed by atoms with Gasteiger partial charge in [0.05, 0.1) is 0 Å². The third kappa shape index (κ3) is 2.91. The van der Waals surface area contributed by atoms with Crippen molar-refractivity contribution in [2.45, 2.75) is 6.42 Å². The molecule has 2 heterocycles. The van der Waals surface area contributed by atoms with Gasteiger partial charge in [-0.1, -0.05) is 0 Å². The van der Waals surface area contributed by atoms with Crippen LogP contribution in [0.4, 0.5) is 11.8 Å². The number of nitrogen functional groups attached to an aromatic ring is 1. The minimum Gasteiger partial charge on any atom is -0.369 e. The second-order valence-corrected chi connectivity index (χ2v) is 3.54. The molecule has 0 bridgehead atoms. The van der Waals surface area contributed by atoms with Crippen LogP contribution in [-0.4, -0.2) is 26.1 Å².